The molecule has 2 aromatic rings. The van der Waals surface area contributed by atoms with Crippen LogP contribution in [0.2, 0.25) is 0 Å². The maximum Gasteiger partial charge on any atom is 0.414 e. The third-order valence-corrected chi connectivity index (χ3v) is 5.53. The summed E-state index contributed by atoms with van der Waals surface area (Å²) in [6, 6.07) is 4.53. The Balaban J connectivity index is 1.53. The number of cyclic esters (lactones) is 1. The number of thioether (sulfide) groups is 1. The van der Waals surface area contributed by atoms with Crippen molar-refractivity contribution in [2.75, 3.05) is 47.5 Å². The Bertz CT molecular complexity index is 830. The zero-order valence-electron chi connectivity index (χ0n) is 14.5. The van der Waals surface area contributed by atoms with E-state index in [4.69, 9.17) is 9.84 Å². The van der Waals surface area contributed by atoms with Crippen LogP contribution in [0.15, 0.2) is 30.6 Å². The van der Waals surface area contributed by atoms with Crippen molar-refractivity contribution in [2.24, 2.45) is 0 Å². The van der Waals surface area contributed by atoms with Crippen molar-refractivity contribution in [1.29, 1.82) is 0 Å². The molecular formula is C18H19FN4O3S. The molecule has 142 valence electrons. The molecule has 0 aliphatic carbocycles. The van der Waals surface area contributed by atoms with E-state index in [1.54, 1.807) is 24.5 Å². The summed E-state index contributed by atoms with van der Waals surface area (Å²) >= 11 is 1.91. The van der Waals surface area contributed by atoms with Crippen molar-refractivity contribution in [2.45, 2.75) is 6.10 Å². The number of benzene rings is 1. The summed E-state index contributed by atoms with van der Waals surface area (Å²) in [6.45, 7) is 1.75. The molecule has 7 nitrogen and oxygen atoms in total. The lowest BCUT2D eigenvalue weighted by Gasteiger charge is -2.26. The first kappa shape index (κ1) is 18.0. The molecule has 0 radical (unpaired) electrons. The number of ether oxygens (including phenoxy) is 1. The SMILES string of the molecule is O=C1O[C@@H](CO)CN1c1ccc(-c2cnc(N3CCSCC3)nc2)c(F)c1. The van der Waals surface area contributed by atoms with Crippen LogP contribution in [-0.4, -0.2) is 65.0 Å². The molecule has 1 aromatic heterocycles. The van der Waals surface area contributed by atoms with Gasteiger partial charge in [0, 0.05) is 48.1 Å². The predicted molar refractivity (Wildman–Crippen MR) is 102 cm³/mol. The Morgan fingerprint density at radius 1 is 1.26 bits per heavy atom. The highest BCUT2D eigenvalue weighted by Gasteiger charge is 2.32. The van der Waals surface area contributed by atoms with Crippen molar-refractivity contribution in [3.8, 4) is 11.1 Å². The molecule has 9 heteroatoms. The molecule has 1 N–H and O–H groups in total. The van der Waals surface area contributed by atoms with Gasteiger partial charge in [0.1, 0.15) is 11.9 Å². The normalized spacial score (nSPS) is 20.1. The first-order chi connectivity index (χ1) is 13.2. The summed E-state index contributed by atoms with van der Waals surface area (Å²) in [5.74, 6) is 2.29. The number of anilines is 2. The van der Waals surface area contributed by atoms with Gasteiger partial charge >= 0.3 is 6.09 Å². The Morgan fingerprint density at radius 3 is 2.63 bits per heavy atom. The minimum absolute atomic E-state index is 0.194. The highest BCUT2D eigenvalue weighted by molar-refractivity contribution is 7.99. The molecule has 2 aliphatic heterocycles. The molecule has 4 rings (SSSR count). The molecule has 2 saturated heterocycles. The van der Waals surface area contributed by atoms with E-state index in [0.29, 0.717) is 22.8 Å². The van der Waals surface area contributed by atoms with Gasteiger partial charge in [0.05, 0.1) is 18.8 Å². The third-order valence-electron chi connectivity index (χ3n) is 4.59. The smallest absolute Gasteiger partial charge is 0.414 e. The number of aliphatic hydroxyl groups is 1. The van der Waals surface area contributed by atoms with Gasteiger partial charge in [-0.05, 0) is 18.2 Å². The maximum atomic E-state index is 14.7. The number of hydrogen-bond acceptors (Lipinski definition) is 7. The van der Waals surface area contributed by atoms with E-state index >= 15 is 0 Å². The lowest BCUT2D eigenvalue weighted by Crippen LogP contribution is -2.33. The average Bonchev–Trinajstić information content (AvgIpc) is 3.10. The maximum absolute atomic E-state index is 14.7. The van der Waals surface area contributed by atoms with E-state index in [1.165, 1.54) is 11.0 Å². The molecular weight excluding hydrogens is 371 g/mol. The van der Waals surface area contributed by atoms with E-state index in [9.17, 15) is 9.18 Å². The molecule has 27 heavy (non-hydrogen) atoms. The quantitative estimate of drug-likeness (QED) is 0.857. The summed E-state index contributed by atoms with van der Waals surface area (Å²) in [5, 5.41) is 9.12. The second kappa shape index (κ2) is 7.69. The topological polar surface area (TPSA) is 78.8 Å². The van der Waals surface area contributed by atoms with Crippen LogP contribution in [0, 0.1) is 5.82 Å². The summed E-state index contributed by atoms with van der Waals surface area (Å²) in [6.07, 6.45) is 2.06. The molecule has 0 bridgehead atoms. The number of halogens is 1. The first-order valence-electron chi connectivity index (χ1n) is 8.69. The number of carbonyl (C=O) groups excluding carboxylic acids is 1. The summed E-state index contributed by atoms with van der Waals surface area (Å²) in [4.78, 5) is 24.0. The van der Waals surface area contributed by atoms with Gasteiger partial charge in [-0.3, -0.25) is 4.90 Å². The third kappa shape index (κ3) is 3.70. The van der Waals surface area contributed by atoms with E-state index in [1.807, 2.05) is 11.8 Å². The molecule has 1 aromatic carbocycles. The molecule has 2 aliphatic rings. The highest BCUT2D eigenvalue weighted by atomic mass is 32.2. The van der Waals surface area contributed by atoms with E-state index < -0.39 is 18.0 Å². The van der Waals surface area contributed by atoms with Gasteiger partial charge in [0.25, 0.3) is 0 Å². The standard InChI is InChI=1S/C18H19FN4O3S/c19-16-7-13(23-10-14(11-24)26-18(23)25)1-2-15(16)12-8-20-17(21-9-12)22-3-5-27-6-4-22/h1-2,7-9,14,24H,3-6,10-11H2/t14-/m1/s1. The predicted octanol–water partition coefficient (Wildman–Crippen LogP) is 2.15. The number of aliphatic hydroxyl groups excluding tert-OH is 1. The Kier molecular flexibility index (Phi) is 5.13. The van der Waals surface area contributed by atoms with Gasteiger partial charge in [-0.15, -0.1) is 0 Å². The van der Waals surface area contributed by atoms with Gasteiger partial charge in [0.15, 0.2) is 0 Å². The Hall–Kier alpha value is -2.39. The number of hydrogen-bond donors (Lipinski definition) is 1. The van der Waals surface area contributed by atoms with Crippen LogP contribution in [0.3, 0.4) is 0 Å². The fraction of sp³-hybridized carbons (Fsp3) is 0.389. The van der Waals surface area contributed by atoms with Crippen molar-refractivity contribution < 1.29 is 19.0 Å². The van der Waals surface area contributed by atoms with Crippen molar-refractivity contribution >= 4 is 29.5 Å². The van der Waals surface area contributed by atoms with Gasteiger partial charge < -0.3 is 14.7 Å². The number of amides is 1. The van der Waals surface area contributed by atoms with Crippen LogP contribution < -0.4 is 9.80 Å². The number of carbonyl (C=O) groups is 1. The molecule has 0 unspecified atom stereocenters. The lowest BCUT2D eigenvalue weighted by atomic mass is 10.1. The molecule has 0 spiro atoms. The van der Waals surface area contributed by atoms with Crippen LogP contribution in [-0.2, 0) is 4.74 Å². The minimum atomic E-state index is -0.589. The zero-order valence-corrected chi connectivity index (χ0v) is 15.4. The van der Waals surface area contributed by atoms with Crippen LogP contribution in [0.5, 0.6) is 0 Å². The fourth-order valence-electron chi connectivity index (χ4n) is 3.12. The largest absolute Gasteiger partial charge is 0.441 e. The van der Waals surface area contributed by atoms with Crippen LogP contribution in [0.25, 0.3) is 11.1 Å². The Labute approximate surface area is 160 Å². The molecule has 1 amide bonds. The minimum Gasteiger partial charge on any atom is -0.441 e. The van der Waals surface area contributed by atoms with Crippen molar-refractivity contribution in [3.05, 3.63) is 36.4 Å². The average molecular weight is 390 g/mol. The van der Waals surface area contributed by atoms with Crippen LogP contribution >= 0.6 is 11.8 Å². The Morgan fingerprint density at radius 2 is 2.00 bits per heavy atom. The molecule has 0 saturated carbocycles. The van der Waals surface area contributed by atoms with Crippen LogP contribution in [0.4, 0.5) is 20.8 Å². The molecule has 3 heterocycles. The number of rotatable bonds is 4. The molecule has 1 atom stereocenters. The monoisotopic (exact) mass is 390 g/mol. The molecule has 2 fully saturated rings. The first-order valence-corrected chi connectivity index (χ1v) is 9.85. The summed E-state index contributed by atoms with van der Waals surface area (Å²) < 4.78 is 19.6. The van der Waals surface area contributed by atoms with Gasteiger partial charge in [-0.25, -0.2) is 19.2 Å². The van der Waals surface area contributed by atoms with Gasteiger partial charge in [-0.2, -0.15) is 11.8 Å². The van der Waals surface area contributed by atoms with Crippen molar-refractivity contribution in [3.63, 3.8) is 0 Å². The summed E-state index contributed by atoms with van der Waals surface area (Å²) in [5.41, 5.74) is 1.33. The zero-order chi connectivity index (χ0) is 18.8. The fourth-order valence-corrected chi connectivity index (χ4v) is 4.02. The summed E-state index contributed by atoms with van der Waals surface area (Å²) in [7, 11) is 0. The van der Waals surface area contributed by atoms with Crippen molar-refractivity contribution in [1.82, 2.24) is 9.97 Å². The van der Waals surface area contributed by atoms with Gasteiger partial charge in [-0.1, -0.05) is 0 Å². The van der Waals surface area contributed by atoms with E-state index in [-0.39, 0.29) is 13.2 Å². The van der Waals surface area contributed by atoms with Gasteiger partial charge in [0.2, 0.25) is 5.95 Å². The second-order valence-electron chi connectivity index (χ2n) is 6.33. The van der Waals surface area contributed by atoms with E-state index in [0.717, 1.165) is 24.6 Å². The second-order valence-corrected chi connectivity index (χ2v) is 7.56. The van der Waals surface area contributed by atoms with Crippen LogP contribution in [0.1, 0.15) is 0 Å². The number of nitrogens with zero attached hydrogens (tertiary/aromatic N) is 4. The highest BCUT2D eigenvalue weighted by Crippen LogP contribution is 2.29. The number of aromatic nitrogens is 2. The van der Waals surface area contributed by atoms with E-state index in [2.05, 4.69) is 14.9 Å². The lowest BCUT2D eigenvalue weighted by molar-refractivity contribution is 0.0963.